The number of hydrogen-bond donors (Lipinski definition) is 2. The van der Waals surface area contributed by atoms with Crippen LogP contribution in [0.1, 0.15) is 25.7 Å². The number of aryl methyl sites for hydroxylation is 1. The molecular formula is C28H25ClF4N3O5PS2. The van der Waals surface area contributed by atoms with Gasteiger partial charge in [-0.2, -0.15) is 13.2 Å². The van der Waals surface area contributed by atoms with Crippen LogP contribution >= 0.6 is 30.1 Å². The van der Waals surface area contributed by atoms with Gasteiger partial charge in [0.1, 0.15) is 31.0 Å². The Hall–Kier alpha value is -3.45. The van der Waals surface area contributed by atoms with Crippen molar-refractivity contribution >= 4 is 62.7 Å². The average Bonchev–Trinajstić information content (AvgIpc) is 3.26. The van der Waals surface area contributed by atoms with Gasteiger partial charge in [-0.3, -0.25) is 14.5 Å². The van der Waals surface area contributed by atoms with Crippen LogP contribution in [-0.2, 0) is 27.4 Å². The number of alkyl halides is 3. The van der Waals surface area contributed by atoms with Crippen molar-refractivity contribution in [2.75, 3.05) is 29.6 Å². The second-order valence-electron chi connectivity index (χ2n) is 10.2. The Bertz CT molecular complexity index is 1910. The number of sulfonamides is 1. The zero-order valence-electron chi connectivity index (χ0n) is 23.5. The maximum absolute atomic E-state index is 14.2. The molecule has 44 heavy (non-hydrogen) atoms. The zero-order valence-corrected chi connectivity index (χ0v) is 26.8. The number of carbonyl (C=O) groups excluding carboxylic acids is 1. The van der Waals surface area contributed by atoms with Crippen molar-refractivity contribution in [3.63, 3.8) is 0 Å². The molecule has 8 nitrogen and oxygen atoms in total. The number of rotatable bonds is 9. The Kier molecular flexibility index (Phi) is 9.51. The predicted molar refractivity (Wildman–Crippen MR) is 165 cm³/mol. The summed E-state index contributed by atoms with van der Waals surface area (Å²) >= 11 is 7.11. The summed E-state index contributed by atoms with van der Waals surface area (Å²) in [4.78, 5) is 17.8. The first-order chi connectivity index (χ1) is 20.3. The highest BCUT2D eigenvalue weighted by Crippen LogP contribution is 2.40. The maximum Gasteiger partial charge on any atom is 0.418 e. The summed E-state index contributed by atoms with van der Waals surface area (Å²) in [6, 6.07) is 10.1. The quantitative estimate of drug-likeness (QED) is 0.140. The van der Waals surface area contributed by atoms with Crippen LogP contribution in [0.25, 0.3) is 11.3 Å². The molecule has 0 bridgehead atoms. The third-order valence-electron chi connectivity index (χ3n) is 5.99. The number of pyridine rings is 1. The van der Waals surface area contributed by atoms with E-state index in [-0.39, 0.29) is 50.2 Å². The minimum absolute atomic E-state index is 0.0153. The van der Waals surface area contributed by atoms with Gasteiger partial charge in [-0.25, -0.2) is 12.8 Å². The van der Waals surface area contributed by atoms with Gasteiger partial charge in [-0.05, 0) is 74.3 Å². The lowest BCUT2D eigenvalue weighted by Gasteiger charge is -2.15. The van der Waals surface area contributed by atoms with Gasteiger partial charge in [-0.1, -0.05) is 11.6 Å². The lowest BCUT2D eigenvalue weighted by Crippen LogP contribution is -2.12. The van der Waals surface area contributed by atoms with Crippen LogP contribution in [0, 0.1) is 12.7 Å². The Labute approximate surface area is 259 Å². The average molecular weight is 690 g/mol. The first-order valence-electron chi connectivity index (χ1n) is 12.5. The number of halogens is 5. The van der Waals surface area contributed by atoms with Crippen LogP contribution in [0.4, 0.5) is 28.9 Å². The monoisotopic (exact) mass is 689 g/mol. The number of anilines is 2. The number of benzene rings is 2. The van der Waals surface area contributed by atoms with Crippen molar-refractivity contribution < 1.29 is 40.1 Å². The molecule has 0 fully saturated rings. The highest BCUT2D eigenvalue weighted by atomic mass is 35.5. The molecule has 0 saturated carbocycles. The van der Waals surface area contributed by atoms with Gasteiger partial charge in [0.05, 0.1) is 22.4 Å². The van der Waals surface area contributed by atoms with E-state index in [1.165, 1.54) is 43.7 Å². The molecule has 0 atom stereocenters. The molecule has 0 aliphatic heterocycles. The van der Waals surface area contributed by atoms with E-state index in [4.69, 9.17) is 16.3 Å². The molecule has 2 aromatic heterocycles. The fraction of sp³-hybridized carbons (Fsp3) is 0.214. The minimum Gasteiger partial charge on any atom is -0.487 e. The van der Waals surface area contributed by atoms with Crippen LogP contribution in [-0.4, -0.2) is 38.9 Å². The second-order valence-corrected chi connectivity index (χ2v) is 16.8. The molecule has 0 aliphatic rings. The lowest BCUT2D eigenvalue weighted by molar-refractivity contribution is -0.137. The maximum atomic E-state index is 14.2. The van der Waals surface area contributed by atoms with Gasteiger partial charge >= 0.3 is 6.18 Å². The smallest absolute Gasteiger partial charge is 0.418 e. The first kappa shape index (κ1) is 33.4. The van der Waals surface area contributed by atoms with E-state index >= 15 is 0 Å². The summed E-state index contributed by atoms with van der Waals surface area (Å²) in [6.07, 6.45) is -3.13. The summed E-state index contributed by atoms with van der Waals surface area (Å²) in [5, 5.41) is 3.03. The summed E-state index contributed by atoms with van der Waals surface area (Å²) in [5.74, 6) is -1.53. The molecule has 4 rings (SSSR count). The second kappa shape index (κ2) is 12.5. The Morgan fingerprint density at radius 2 is 1.75 bits per heavy atom. The number of aromatic nitrogens is 1. The van der Waals surface area contributed by atoms with Crippen LogP contribution < -0.4 is 20.1 Å². The van der Waals surface area contributed by atoms with Crippen molar-refractivity contribution in [2.45, 2.75) is 19.7 Å². The molecule has 0 radical (unpaired) electrons. The van der Waals surface area contributed by atoms with Crippen molar-refractivity contribution in [3.8, 4) is 17.0 Å². The molecule has 16 heteroatoms. The van der Waals surface area contributed by atoms with E-state index in [1.54, 1.807) is 6.92 Å². The molecular weight excluding hydrogens is 665 g/mol. The predicted octanol–water partition coefficient (Wildman–Crippen LogP) is 7.38. The molecule has 2 aromatic carbocycles. The highest BCUT2D eigenvalue weighted by Gasteiger charge is 2.32. The van der Waals surface area contributed by atoms with Crippen LogP contribution in [0.15, 0.2) is 54.7 Å². The van der Waals surface area contributed by atoms with Crippen molar-refractivity contribution in [2.24, 2.45) is 0 Å². The van der Waals surface area contributed by atoms with Gasteiger partial charge in [0.2, 0.25) is 10.0 Å². The summed E-state index contributed by atoms with van der Waals surface area (Å²) in [6.45, 7) is 4.22. The zero-order chi connectivity index (χ0) is 32.6. The largest absolute Gasteiger partial charge is 0.487 e. The van der Waals surface area contributed by atoms with E-state index in [0.29, 0.717) is 16.6 Å². The van der Waals surface area contributed by atoms with E-state index < -0.39 is 40.6 Å². The molecule has 2 heterocycles. The number of ether oxygens (including phenoxy) is 1. The van der Waals surface area contributed by atoms with E-state index in [0.717, 1.165) is 35.8 Å². The normalized spacial score (nSPS) is 12.2. The number of carbonyl (C=O) groups is 1. The molecule has 2 N–H and O–H groups in total. The molecule has 0 saturated heterocycles. The fourth-order valence-corrected chi connectivity index (χ4v) is 6.67. The third-order valence-corrected chi connectivity index (χ3v) is 9.37. The Morgan fingerprint density at radius 3 is 2.39 bits per heavy atom. The molecule has 234 valence electrons. The van der Waals surface area contributed by atoms with Gasteiger partial charge in [-0.15, -0.1) is 11.3 Å². The number of thiophene rings is 1. The molecule has 0 unspecified atom stereocenters. The van der Waals surface area contributed by atoms with Crippen molar-refractivity contribution in [1.82, 2.24) is 4.98 Å². The van der Waals surface area contributed by atoms with Crippen molar-refractivity contribution in [3.05, 3.63) is 86.4 Å². The van der Waals surface area contributed by atoms with Gasteiger partial charge in [0.25, 0.3) is 5.91 Å². The standard InChI is InChI=1S/C28H25ClF4N3O5PS2/c1-15-23(12-25(43-15)27(37)35-20-8-18(29)9-21(11-20)36-44(4,39)40)26-24(7-17(13-34-26)28(31,32)33)41-14-16-5-19(30)10-22(6-16)42(2,3)38/h5-13,36H,14H2,1-4H3,(H,35,37). The minimum atomic E-state index is -4.73. The number of nitrogens with zero attached hydrogens (tertiary/aromatic N) is 1. The topological polar surface area (TPSA) is 114 Å². The van der Waals surface area contributed by atoms with Crippen LogP contribution in [0.2, 0.25) is 5.02 Å². The fourth-order valence-electron chi connectivity index (χ4n) is 4.06. The Morgan fingerprint density at radius 1 is 1.07 bits per heavy atom. The first-order valence-corrected chi connectivity index (χ1v) is 18.2. The molecule has 0 spiro atoms. The number of amides is 1. The third kappa shape index (κ3) is 8.59. The number of hydrogen-bond acceptors (Lipinski definition) is 7. The van der Waals surface area contributed by atoms with Gasteiger partial charge in [0, 0.05) is 32.7 Å². The van der Waals surface area contributed by atoms with Gasteiger partial charge < -0.3 is 14.6 Å². The molecule has 0 aliphatic carbocycles. The van der Waals surface area contributed by atoms with E-state index in [9.17, 15) is 35.3 Å². The summed E-state index contributed by atoms with van der Waals surface area (Å²) in [7, 11) is -6.45. The SMILES string of the molecule is Cc1sc(C(=O)Nc2cc(Cl)cc(NS(C)(=O)=O)c2)cc1-c1ncc(C(F)(F)F)cc1OCc1cc(F)cc(P(C)(C)=O)c1. The molecule has 4 aromatic rings. The summed E-state index contributed by atoms with van der Waals surface area (Å²) in [5.41, 5.74) is -0.174. The van der Waals surface area contributed by atoms with Crippen molar-refractivity contribution in [1.29, 1.82) is 0 Å². The summed E-state index contributed by atoms with van der Waals surface area (Å²) < 4.78 is 98.6. The number of nitrogens with one attached hydrogen (secondary N) is 2. The van der Waals surface area contributed by atoms with Crippen LogP contribution in [0.5, 0.6) is 5.75 Å². The highest BCUT2D eigenvalue weighted by molar-refractivity contribution is 7.92. The lowest BCUT2D eigenvalue weighted by atomic mass is 10.1. The van der Waals surface area contributed by atoms with E-state index in [1.807, 2.05) is 0 Å². The Balaban J connectivity index is 1.66. The molecule has 1 amide bonds. The van der Waals surface area contributed by atoms with Gasteiger partial charge in [0.15, 0.2) is 0 Å². The van der Waals surface area contributed by atoms with E-state index in [2.05, 4.69) is 15.0 Å². The van der Waals surface area contributed by atoms with Crippen LogP contribution in [0.3, 0.4) is 0 Å².